The SMILES string of the molecule is Cc1cc(-c2nc3ccccc3[nH]2)ccc1OCc1ccccc1. The fourth-order valence-electron chi connectivity index (χ4n) is 2.78. The number of nitrogens with one attached hydrogen (secondary N) is 1. The average molecular weight is 314 g/mol. The summed E-state index contributed by atoms with van der Waals surface area (Å²) in [7, 11) is 0. The van der Waals surface area contributed by atoms with Crippen LogP contribution in [-0.2, 0) is 6.61 Å². The lowest BCUT2D eigenvalue weighted by atomic mass is 10.1. The van der Waals surface area contributed by atoms with Gasteiger partial charge in [0.25, 0.3) is 0 Å². The minimum Gasteiger partial charge on any atom is -0.489 e. The molecule has 0 bridgehead atoms. The molecule has 0 aliphatic carbocycles. The average Bonchev–Trinajstić information content (AvgIpc) is 3.06. The summed E-state index contributed by atoms with van der Waals surface area (Å²) in [5.74, 6) is 1.78. The fraction of sp³-hybridized carbons (Fsp3) is 0.0952. The van der Waals surface area contributed by atoms with Crippen molar-refractivity contribution in [1.29, 1.82) is 0 Å². The number of ether oxygens (including phenoxy) is 1. The van der Waals surface area contributed by atoms with Crippen LogP contribution in [0.15, 0.2) is 72.8 Å². The summed E-state index contributed by atoms with van der Waals surface area (Å²) in [6.45, 7) is 2.64. The largest absolute Gasteiger partial charge is 0.489 e. The summed E-state index contributed by atoms with van der Waals surface area (Å²) in [6.07, 6.45) is 0. The van der Waals surface area contributed by atoms with Gasteiger partial charge in [0.1, 0.15) is 18.2 Å². The molecule has 0 fully saturated rings. The number of hydrogen-bond donors (Lipinski definition) is 1. The van der Waals surface area contributed by atoms with E-state index in [1.807, 2.05) is 54.6 Å². The first-order chi connectivity index (χ1) is 11.8. The van der Waals surface area contributed by atoms with Gasteiger partial charge in [-0.25, -0.2) is 4.98 Å². The monoisotopic (exact) mass is 314 g/mol. The van der Waals surface area contributed by atoms with Gasteiger partial charge in [0.2, 0.25) is 0 Å². The molecule has 0 aliphatic heterocycles. The van der Waals surface area contributed by atoms with E-state index in [1.54, 1.807) is 0 Å². The number of hydrogen-bond acceptors (Lipinski definition) is 2. The van der Waals surface area contributed by atoms with Crippen molar-refractivity contribution in [2.24, 2.45) is 0 Å². The Hall–Kier alpha value is -3.07. The standard InChI is InChI=1S/C21H18N2O/c1-15-13-17(21-22-18-9-5-6-10-19(18)23-21)11-12-20(15)24-14-16-7-3-2-4-8-16/h2-13H,14H2,1H3,(H,22,23). The minimum atomic E-state index is 0.575. The van der Waals surface area contributed by atoms with Crippen LogP contribution in [0, 0.1) is 6.92 Å². The molecule has 0 atom stereocenters. The zero-order valence-electron chi connectivity index (χ0n) is 13.5. The van der Waals surface area contributed by atoms with Crippen LogP contribution in [0.4, 0.5) is 0 Å². The Morgan fingerprint density at radius 3 is 2.50 bits per heavy atom. The maximum absolute atomic E-state index is 5.94. The summed E-state index contributed by atoms with van der Waals surface area (Å²) < 4.78 is 5.94. The van der Waals surface area contributed by atoms with Crippen molar-refractivity contribution >= 4 is 11.0 Å². The molecular weight excluding hydrogens is 296 g/mol. The summed E-state index contributed by atoms with van der Waals surface area (Å²) in [5.41, 5.74) is 5.36. The number of para-hydroxylation sites is 2. The van der Waals surface area contributed by atoms with E-state index >= 15 is 0 Å². The number of aromatic nitrogens is 2. The maximum Gasteiger partial charge on any atom is 0.138 e. The number of imidazole rings is 1. The third-order valence-electron chi connectivity index (χ3n) is 4.07. The molecule has 0 unspecified atom stereocenters. The molecule has 0 spiro atoms. The van der Waals surface area contributed by atoms with Crippen LogP contribution in [0.25, 0.3) is 22.4 Å². The molecule has 0 amide bonds. The van der Waals surface area contributed by atoms with Gasteiger partial charge in [0.15, 0.2) is 0 Å². The van der Waals surface area contributed by atoms with Crippen LogP contribution >= 0.6 is 0 Å². The predicted octanol–water partition coefficient (Wildman–Crippen LogP) is 5.12. The zero-order chi connectivity index (χ0) is 16.4. The number of H-pyrrole nitrogens is 1. The van der Waals surface area contributed by atoms with Gasteiger partial charge in [-0.2, -0.15) is 0 Å². The highest BCUT2D eigenvalue weighted by molar-refractivity contribution is 5.79. The highest BCUT2D eigenvalue weighted by Gasteiger charge is 2.07. The lowest BCUT2D eigenvalue weighted by Crippen LogP contribution is -1.97. The van der Waals surface area contributed by atoms with Crippen molar-refractivity contribution in [2.45, 2.75) is 13.5 Å². The number of benzene rings is 3. The first kappa shape index (κ1) is 14.5. The van der Waals surface area contributed by atoms with Crippen LogP contribution < -0.4 is 4.74 Å². The first-order valence-electron chi connectivity index (χ1n) is 8.02. The Morgan fingerprint density at radius 1 is 0.917 bits per heavy atom. The van der Waals surface area contributed by atoms with Crippen molar-refractivity contribution in [3.8, 4) is 17.1 Å². The lowest BCUT2D eigenvalue weighted by Gasteiger charge is -2.10. The molecule has 1 aromatic heterocycles. The Labute approximate surface area is 140 Å². The molecule has 3 nitrogen and oxygen atoms in total. The quantitative estimate of drug-likeness (QED) is 0.568. The van der Waals surface area contributed by atoms with Gasteiger partial charge in [-0.3, -0.25) is 0 Å². The second kappa shape index (κ2) is 6.20. The summed E-state index contributed by atoms with van der Waals surface area (Å²) in [6, 6.07) is 24.4. The van der Waals surface area contributed by atoms with Gasteiger partial charge in [0.05, 0.1) is 11.0 Å². The molecule has 4 rings (SSSR count). The summed E-state index contributed by atoms with van der Waals surface area (Å²) in [5, 5.41) is 0. The van der Waals surface area contributed by atoms with E-state index in [9.17, 15) is 0 Å². The second-order valence-electron chi connectivity index (χ2n) is 5.86. The van der Waals surface area contributed by atoms with Gasteiger partial charge in [0, 0.05) is 5.56 Å². The number of aryl methyl sites for hydroxylation is 1. The third kappa shape index (κ3) is 2.88. The topological polar surface area (TPSA) is 37.9 Å². The highest BCUT2D eigenvalue weighted by atomic mass is 16.5. The third-order valence-corrected chi connectivity index (χ3v) is 4.07. The number of nitrogens with zero attached hydrogens (tertiary/aromatic N) is 1. The molecule has 24 heavy (non-hydrogen) atoms. The number of aromatic amines is 1. The maximum atomic E-state index is 5.94. The molecule has 0 saturated carbocycles. The lowest BCUT2D eigenvalue weighted by molar-refractivity contribution is 0.304. The molecule has 0 aliphatic rings. The van der Waals surface area contributed by atoms with Crippen molar-refractivity contribution < 1.29 is 4.74 Å². The number of fused-ring (bicyclic) bond motifs is 1. The second-order valence-corrected chi connectivity index (χ2v) is 5.86. The first-order valence-corrected chi connectivity index (χ1v) is 8.02. The molecule has 0 radical (unpaired) electrons. The van der Waals surface area contributed by atoms with Crippen molar-refractivity contribution in [2.75, 3.05) is 0 Å². The predicted molar refractivity (Wildman–Crippen MR) is 97.0 cm³/mol. The molecule has 0 saturated heterocycles. The van der Waals surface area contributed by atoms with Gasteiger partial charge in [-0.1, -0.05) is 42.5 Å². The van der Waals surface area contributed by atoms with Crippen LogP contribution in [0.5, 0.6) is 5.75 Å². The van der Waals surface area contributed by atoms with Crippen LogP contribution in [0.2, 0.25) is 0 Å². The van der Waals surface area contributed by atoms with E-state index in [0.717, 1.165) is 33.7 Å². The smallest absolute Gasteiger partial charge is 0.138 e. The van der Waals surface area contributed by atoms with Gasteiger partial charge in [-0.05, 0) is 48.4 Å². The molecule has 3 heteroatoms. The molecule has 118 valence electrons. The molecule has 3 aromatic carbocycles. The Morgan fingerprint density at radius 2 is 1.71 bits per heavy atom. The van der Waals surface area contributed by atoms with Gasteiger partial charge < -0.3 is 9.72 Å². The molecule has 1 heterocycles. The van der Waals surface area contributed by atoms with E-state index in [2.05, 4.69) is 35.1 Å². The Balaban J connectivity index is 1.57. The van der Waals surface area contributed by atoms with E-state index < -0.39 is 0 Å². The van der Waals surface area contributed by atoms with Crippen LogP contribution in [0.1, 0.15) is 11.1 Å². The van der Waals surface area contributed by atoms with Crippen molar-refractivity contribution in [3.05, 3.63) is 83.9 Å². The Kier molecular flexibility index (Phi) is 3.75. The van der Waals surface area contributed by atoms with Crippen LogP contribution in [-0.4, -0.2) is 9.97 Å². The van der Waals surface area contributed by atoms with Gasteiger partial charge in [-0.15, -0.1) is 0 Å². The van der Waals surface area contributed by atoms with Crippen molar-refractivity contribution in [1.82, 2.24) is 9.97 Å². The fourth-order valence-corrected chi connectivity index (χ4v) is 2.78. The minimum absolute atomic E-state index is 0.575. The molecule has 1 N–H and O–H groups in total. The van der Waals surface area contributed by atoms with E-state index in [4.69, 9.17) is 4.74 Å². The molecular formula is C21H18N2O. The van der Waals surface area contributed by atoms with Crippen molar-refractivity contribution in [3.63, 3.8) is 0 Å². The zero-order valence-corrected chi connectivity index (χ0v) is 13.5. The molecule has 4 aromatic rings. The Bertz CT molecular complexity index is 940. The highest BCUT2D eigenvalue weighted by Crippen LogP contribution is 2.26. The van der Waals surface area contributed by atoms with E-state index in [0.29, 0.717) is 6.61 Å². The summed E-state index contributed by atoms with van der Waals surface area (Å²) in [4.78, 5) is 8.02. The normalized spacial score (nSPS) is 10.9. The van der Waals surface area contributed by atoms with E-state index in [-0.39, 0.29) is 0 Å². The number of rotatable bonds is 4. The van der Waals surface area contributed by atoms with E-state index in [1.165, 1.54) is 5.56 Å². The summed E-state index contributed by atoms with van der Waals surface area (Å²) >= 11 is 0. The van der Waals surface area contributed by atoms with Gasteiger partial charge >= 0.3 is 0 Å². The van der Waals surface area contributed by atoms with Crippen LogP contribution in [0.3, 0.4) is 0 Å².